The van der Waals surface area contributed by atoms with E-state index in [0.717, 1.165) is 0 Å². The van der Waals surface area contributed by atoms with Crippen LogP contribution in [0.4, 0.5) is 14.5 Å². The molecule has 8 nitrogen and oxygen atoms in total. The van der Waals surface area contributed by atoms with Crippen molar-refractivity contribution < 1.29 is 8.78 Å². The Labute approximate surface area is 203 Å². The molecule has 1 aliphatic heterocycles. The molecule has 0 amide bonds. The fourth-order valence-corrected chi connectivity index (χ4v) is 4.80. The number of nitriles is 1. The number of benzene rings is 2. The summed E-state index contributed by atoms with van der Waals surface area (Å²) in [7, 11) is 1.63. The second kappa shape index (κ2) is 8.15. The quantitative estimate of drug-likeness (QED) is 0.446. The normalized spacial score (nSPS) is 14.7. The van der Waals surface area contributed by atoms with Gasteiger partial charge in [0.1, 0.15) is 11.7 Å². The molecule has 4 aromatic rings. The summed E-state index contributed by atoms with van der Waals surface area (Å²) >= 11 is 6.25. The van der Waals surface area contributed by atoms with Crippen LogP contribution in [0.2, 0.25) is 5.02 Å². The number of nitrogens with zero attached hydrogens (tertiary/aromatic N) is 5. The zero-order valence-corrected chi connectivity index (χ0v) is 19.6. The van der Waals surface area contributed by atoms with Gasteiger partial charge in [0, 0.05) is 24.5 Å². The summed E-state index contributed by atoms with van der Waals surface area (Å²) < 4.78 is 31.2. The number of hydrogen-bond acceptors (Lipinski definition) is 6. The molecule has 0 aliphatic carbocycles. The van der Waals surface area contributed by atoms with E-state index in [-0.39, 0.29) is 41.3 Å². The fraction of sp³-hybridized carbons (Fsp3) is 0.250. The highest BCUT2D eigenvalue weighted by Gasteiger charge is 2.41. The average molecular weight is 496 g/mol. The monoisotopic (exact) mass is 495 g/mol. The zero-order valence-electron chi connectivity index (χ0n) is 18.9. The van der Waals surface area contributed by atoms with Gasteiger partial charge in [0.15, 0.2) is 5.82 Å². The highest BCUT2D eigenvalue weighted by atomic mass is 35.5. The second-order valence-corrected chi connectivity index (χ2v) is 9.22. The topological polar surface area (TPSA) is 117 Å². The molecular formula is C24H20ClF2N7O. The van der Waals surface area contributed by atoms with Crippen molar-refractivity contribution in [3.63, 3.8) is 0 Å². The molecule has 35 heavy (non-hydrogen) atoms. The summed E-state index contributed by atoms with van der Waals surface area (Å²) in [4.78, 5) is 13.9. The lowest BCUT2D eigenvalue weighted by Gasteiger charge is -2.44. The van der Waals surface area contributed by atoms with Gasteiger partial charge >= 0.3 is 0 Å². The van der Waals surface area contributed by atoms with E-state index in [0.29, 0.717) is 39.0 Å². The number of rotatable bonds is 4. The number of nitrogens with two attached hydrogens (primary N) is 1. The molecule has 0 unspecified atom stereocenters. The van der Waals surface area contributed by atoms with Crippen molar-refractivity contribution in [2.24, 2.45) is 12.8 Å². The van der Waals surface area contributed by atoms with Gasteiger partial charge in [-0.15, -0.1) is 0 Å². The van der Waals surface area contributed by atoms with Crippen LogP contribution in [0.15, 0.2) is 35.3 Å². The molecule has 3 heterocycles. The zero-order chi connectivity index (χ0) is 25.1. The van der Waals surface area contributed by atoms with Crippen LogP contribution in [0.5, 0.6) is 0 Å². The number of aromatic amines is 1. The first kappa shape index (κ1) is 23.0. The Hall–Kier alpha value is -3.81. The number of aryl methyl sites for hydroxylation is 1. The number of aromatic nitrogens is 4. The third-order valence-corrected chi connectivity index (χ3v) is 6.51. The molecule has 1 fully saturated rings. The minimum Gasteiger partial charge on any atom is -0.364 e. The molecule has 2 aromatic carbocycles. The predicted molar refractivity (Wildman–Crippen MR) is 129 cm³/mol. The molecule has 1 saturated heterocycles. The lowest BCUT2D eigenvalue weighted by Crippen LogP contribution is -2.57. The number of hydrogen-bond donors (Lipinski definition) is 2. The molecule has 0 radical (unpaired) electrons. The van der Waals surface area contributed by atoms with Gasteiger partial charge in [-0.25, -0.2) is 13.9 Å². The Kier molecular flexibility index (Phi) is 5.34. The minimum absolute atomic E-state index is 0.0272. The van der Waals surface area contributed by atoms with E-state index in [4.69, 9.17) is 17.3 Å². The summed E-state index contributed by atoms with van der Waals surface area (Å²) in [6.07, 6.45) is 1.54. The summed E-state index contributed by atoms with van der Waals surface area (Å²) in [6.45, 7) is 1.70. The Morgan fingerprint density at radius 3 is 2.71 bits per heavy atom. The average Bonchev–Trinajstić information content (AvgIpc) is 3.19. The van der Waals surface area contributed by atoms with E-state index in [9.17, 15) is 14.4 Å². The summed E-state index contributed by atoms with van der Waals surface area (Å²) in [5, 5.41) is 21.6. The summed E-state index contributed by atoms with van der Waals surface area (Å²) in [6, 6.07) is 8.51. The lowest BCUT2D eigenvalue weighted by atomic mass is 9.92. The summed E-state index contributed by atoms with van der Waals surface area (Å²) in [5.41, 5.74) is 6.35. The first-order chi connectivity index (χ1) is 16.6. The van der Waals surface area contributed by atoms with Crippen molar-refractivity contribution in [3.05, 3.63) is 62.9 Å². The number of anilines is 1. The number of fused-ring (bicyclic) bond motifs is 1. The Balaban J connectivity index is 1.75. The maximum Gasteiger partial charge on any atom is 0.272 e. The molecule has 178 valence electrons. The van der Waals surface area contributed by atoms with E-state index in [1.165, 1.54) is 17.7 Å². The van der Waals surface area contributed by atoms with Crippen LogP contribution in [0, 0.1) is 17.1 Å². The smallest absolute Gasteiger partial charge is 0.272 e. The predicted octanol–water partition coefficient (Wildman–Crippen LogP) is 3.66. The molecule has 0 spiro atoms. The first-order valence-corrected chi connectivity index (χ1v) is 11.1. The molecule has 0 atom stereocenters. The van der Waals surface area contributed by atoms with Crippen LogP contribution in [-0.2, 0) is 13.6 Å². The van der Waals surface area contributed by atoms with Gasteiger partial charge in [0.25, 0.3) is 5.56 Å². The van der Waals surface area contributed by atoms with Crippen molar-refractivity contribution in [3.8, 4) is 28.5 Å². The van der Waals surface area contributed by atoms with Crippen molar-refractivity contribution in [1.82, 2.24) is 20.0 Å². The van der Waals surface area contributed by atoms with Crippen molar-refractivity contribution in [1.29, 1.82) is 5.26 Å². The third-order valence-electron chi connectivity index (χ3n) is 6.24. The number of halogens is 3. The summed E-state index contributed by atoms with van der Waals surface area (Å²) in [5.74, 6) is -0.776. The maximum absolute atomic E-state index is 15.5. The van der Waals surface area contributed by atoms with Crippen LogP contribution < -0.4 is 16.2 Å². The van der Waals surface area contributed by atoms with E-state index in [1.807, 2.05) is 0 Å². The van der Waals surface area contributed by atoms with Crippen molar-refractivity contribution >= 4 is 28.1 Å². The van der Waals surface area contributed by atoms with Crippen LogP contribution >= 0.6 is 11.6 Å². The molecule has 2 aromatic heterocycles. The van der Waals surface area contributed by atoms with Crippen molar-refractivity contribution in [2.75, 3.05) is 18.0 Å². The van der Waals surface area contributed by atoms with Gasteiger partial charge in [-0.2, -0.15) is 15.5 Å². The van der Waals surface area contributed by atoms with Crippen LogP contribution in [-0.4, -0.2) is 38.7 Å². The molecular weight excluding hydrogens is 476 g/mol. The molecule has 0 bridgehead atoms. The van der Waals surface area contributed by atoms with Gasteiger partial charge in [0.2, 0.25) is 0 Å². The van der Waals surface area contributed by atoms with Crippen LogP contribution in [0.25, 0.3) is 33.2 Å². The number of nitrogens with one attached hydrogen (secondary N) is 1. The Morgan fingerprint density at radius 1 is 1.31 bits per heavy atom. The highest BCUT2D eigenvalue weighted by Crippen LogP contribution is 2.43. The van der Waals surface area contributed by atoms with Gasteiger partial charge < -0.3 is 10.6 Å². The van der Waals surface area contributed by atoms with Crippen LogP contribution in [0.1, 0.15) is 18.2 Å². The fourth-order valence-electron chi connectivity index (χ4n) is 4.61. The number of alkyl halides is 1. The van der Waals surface area contributed by atoms with Gasteiger partial charge in [-0.3, -0.25) is 9.48 Å². The van der Waals surface area contributed by atoms with Gasteiger partial charge in [0.05, 0.1) is 57.9 Å². The second-order valence-electron chi connectivity index (χ2n) is 8.82. The van der Waals surface area contributed by atoms with E-state index >= 15 is 4.39 Å². The Morgan fingerprint density at radius 2 is 2.06 bits per heavy atom. The molecule has 3 N–H and O–H groups in total. The molecule has 11 heteroatoms. The number of H-pyrrole nitrogens is 1. The maximum atomic E-state index is 15.5. The molecule has 0 saturated carbocycles. The molecule has 5 rings (SSSR count). The standard InChI is InChI=1S/C24H20ClF2N7O/c1-24(27)10-34(11-24)19-6-17(25)21(26)20(15(19)7-28)22-16(9-30-33(22)2)12-3-4-13-14(5-12)18(8-29)31-32-23(13)35/h3-6,9H,8,10-11,29H2,1-2H3,(H,32,35). The van der Waals surface area contributed by atoms with Crippen LogP contribution in [0.3, 0.4) is 0 Å². The Bertz CT molecular complexity index is 1590. The van der Waals surface area contributed by atoms with Crippen molar-refractivity contribution in [2.45, 2.75) is 19.1 Å². The largest absolute Gasteiger partial charge is 0.364 e. The first-order valence-electron chi connectivity index (χ1n) is 10.7. The molecule has 1 aliphatic rings. The highest BCUT2D eigenvalue weighted by molar-refractivity contribution is 6.31. The third kappa shape index (κ3) is 3.64. The van der Waals surface area contributed by atoms with Gasteiger partial charge in [-0.1, -0.05) is 17.7 Å². The van der Waals surface area contributed by atoms with Gasteiger partial charge in [-0.05, 0) is 30.7 Å². The van der Waals surface area contributed by atoms with E-state index in [2.05, 4.69) is 21.4 Å². The minimum atomic E-state index is -1.40. The SMILES string of the molecule is Cn1ncc(-c2ccc3c(=O)[nH]nc(CN)c3c2)c1-c1c(F)c(Cl)cc(N2CC(C)(F)C2)c1C#N. The van der Waals surface area contributed by atoms with E-state index in [1.54, 1.807) is 36.3 Å². The lowest BCUT2D eigenvalue weighted by molar-refractivity contribution is 0.144. The van der Waals surface area contributed by atoms with E-state index < -0.39 is 11.5 Å².